The van der Waals surface area contributed by atoms with Crippen molar-refractivity contribution in [2.45, 2.75) is 6.17 Å². The molecule has 2 N–H and O–H groups in total. The van der Waals surface area contributed by atoms with E-state index >= 15 is 0 Å². The molecule has 0 bridgehead atoms. The second-order valence-electron chi connectivity index (χ2n) is 3.19. The van der Waals surface area contributed by atoms with Crippen LogP contribution in [0, 0.1) is 0 Å². The molecule has 0 saturated heterocycles. The summed E-state index contributed by atoms with van der Waals surface area (Å²) in [4.78, 5) is 1.81. The van der Waals surface area contributed by atoms with Gasteiger partial charge in [-0.05, 0) is 24.3 Å². The van der Waals surface area contributed by atoms with E-state index in [4.69, 9.17) is 17.3 Å². The van der Waals surface area contributed by atoms with E-state index in [0.717, 1.165) is 5.69 Å². The summed E-state index contributed by atoms with van der Waals surface area (Å²) < 4.78 is 13.0. The van der Waals surface area contributed by atoms with Crippen molar-refractivity contribution in [1.29, 1.82) is 0 Å². The average Bonchev–Trinajstić information content (AvgIpc) is 2.18. The molecule has 1 atom stereocenters. The highest BCUT2D eigenvalue weighted by Crippen LogP contribution is 2.16. The van der Waals surface area contributed by atoms with Crippen LogP contribution in [0.1, 0.15) is 0 Å². The molecule has 0 amide bonds. The van der Waals surface area contributed by atoms with E-state index in [1.54, 1.807) is 12.1 Å². The van der Waals surface area contributed by atoms with Crippen LogP contribution in [0.3, 0.4) is 0 Å². The highest BCUT2D eigenvalue weighted by atomic mass is 35.5. The van der Waals surface area contributed by atoms with Crippen LogP contribution in [-0.4, -0.2) is 26.3 Å². The van der Waals surface area contributed by atoms with Crippen molar-refractivity contribution in [2.75, 3.05) is 25.0 Å². The van der Waals surface area contributed by atoms with Crippen molar-refractivity contribution < 1.29 is 4.39 Å². The van der Waals surface area contributed by atoms with Crippen molar-refractivity contribution in [1.82, 2.24) is 0 Å². The fourth-order valence-corrected chi connectivity index (χ4v) is 1.30. The molecule has 0 heterocycles. The third kappa shape index (κ3) is 3.16. The Kier molecular flexibility index (Phi) is 4.17. The van der Waals surface area contributed by atoms with E-state index in [1.807, 2.05) is 24.1 Å². The Labute approximate surface area is 88.5 Å². The smallest absolute Gasteiger partial charge is 0.130 e. The van der Waals surface area contributed by atoms with Crippen LogP contribution in [0.5, 0.6) is 0 Å². The topological polar surface area (TPSA) is 29.3 Å². The molecule has 4 heteroatoms. The number of nitrogens with two attached hydrogens (primary N) is 1. The fraction of sp³-hybridized carbons (Fsp3) is 0.400. The molecule has 0 spiro atoms. The first-order chi connectivity index (χ1) is 6.63. The minimum Gasteiger partial charge on any atom is -0.372 e. The van der Waals surface area contributed by atoms with Crippen LogP contribution in [0.4, 0.5) is 10.1 Å². The maximum Gasteiger partial charge on any atom is 0.130 e. The second kappa shape index (κ2) is 5.17. The lowest BCUT2D eigenvalue weighted by Gasteiger charge is -2.20. The van der Waals surface area contributed by atoms with E-state index in [9.17, 15) is 4.39 Å². The monoisotopic (exact) mass is 216 g/mol. The average molecular weight is 217 g/mol. The summed E-state index contributed by atoms with van der Waals surface area (Å²) in [6.45, 7) is 0.357. The number of anilines is 1. The second-order valence-corrected chi connectivity index (χ2v) is 3.63. The quantitative estimate of drug-likeness (QED) is 0.835. The third-order valence-corrected chi connectivity index (χ3v) is 2.25. The Balaban J connectivity index is 2.60. The summed E-state index contributed by atoms with van der Waals surface area (Å²) in [5, 5.41) is 0.678. The standard InChI is InChI=1S/C10H14ClFN2/c1-14(7-9(12)6-13)10-4-2-8(11)3-5-10/h2-5,9H,6-7,13H2,1H3. The van der Waals surface area contributed by atoms with Gasteiger partial charge in [-0.15, -0.1) is 0 Å². The third-order valence-electron chi connectivity index (χ3n) is 2.00. The number of benzene rings is 1. The summed E-state index contributed by atoms with van der Waals surface area (Å²) in [7, 11) is 1.82. The van der Waals surface area contributed by atoms with Gasteiger partial charge < -0.3 is 10.6 Å². The molecule has 1 aromatic rings. The van der Waals surface area contributed by atoms with Crippen LogP contribution in [0.2, 0.25) is 5.02 Å². The Hall–Kier alpha value is -0.800. The minimum atomic E-state index is -0.990. The Morgan fingerprint density at radius 2 is 2.00 bits per heavy atom. The van der Waals surface area contributed by atoms with E-state index in [2.05, 4.69) is 0 Å². The van der Waals surface area contributed by atoms with E-state index in [1.165, 1.54) is 0 Å². The van der Waals surface area contributed by atoms with Gasteiger partial charge in [0.25, 0.3) is 0 Å². The minimum absolute atomic E-state index is 0.0535. The first kappa shape index (κ1) is 11.3. The molecular weight excluding hydrogens is 203 g/mol. The summed E-state index contributed by atoms with van der Waals surface area (Å²) in [6, 6.07) is 7.27. The lowest BCUT2D eigenvalue weighted by atomic mass is 10.2. The molecule has 0 aliphatic carbocycles. The highest BCUT2D eigenvalue weighted by molar-refractivity contribution is 6.30. The van der Waals surface area contributed by atoms with Gasteiger partial charge in [0.15, 0.2) is 0 Å². The largest absolute Gasteiger partial charge is 0.372 e. The zero-order valence-corrected chi connectivity index (χ0v) is 8.84. The summed E-state index contributed by atoms with van der Waals surface area (Å²) in [5.41, 5.74) is 6.14. The van der Waals surface area contributed by atoms with Gasteiger partial charge in [-0.25, -0.2) is 4.39 Å². The first-order valence-corrected chi connectivity index (χ1v) is 4.82. The fourth-order valence-electron chi connectivity index (χ4n) is 1.17. The molecule has 2 nitrogen and oxygen atoms in total. The highest BCUT2D eigenvalue weighted by Gasteiger charge is 2.08. The molecule has 78 valence electrons. The summed E-state index contributed by atoms with van der Waals surface area (Å²) in [5.74, 6) is 0. The van der Waals surface area contributed by atoms with Gasteiger partial charge in [-0.3, -0.25) is 0 Å². The Morgan fingerprint density at radius 3 is 2.50 bits per heavy atom. The van der Waals surface area contributed by atoms with Crippen LogP contribution < -0.4 is 10.6 Å². The maximum absolute atomic E-state index is 13.0. The van der Waals surface area contributed by atoms with Crippen LogP contribution in [0.15, 0.2) is 24.3 Å². The predicted octanol–water partition coefficient (Wildman–Crippen LogP) is 2.07. The van der Waals surface area contributed by atoms with Gasteiger partial charge in [0.05, 0.1) is 6.54 Å². The number of nitrogens with zero attached hydrogens (tertiary/aromatic N) is 1. The van der Waals surface area contributed by atoms with Crippen molar-refractivity contribution in [2.24, 2.45) is 5.73 Å². The van der Waals surface area contributed by atoms with Crippen LogP contribution >= 0.6 is 11.6 Å². The zero-order valence-electron chi connectivity index (χ0n) is 8.08. The van der Waals surface area contributed by atoms with Crippen molar-refractivity contribution >= 4 is 17.3 Å². The van der Waals surface area contributed by atoms with Crippen molar-refractivity contribution in [3.63, 3.8) is 0 Å². The molecule has 1 rings (SSSR count). The molecule has 0 radical (unpaired) electrons. The van der Waals surface area contributed by atoms with E-state index < -0.39 is 6.17 Å². The SMILES string of the molecule is CN(CC(F)CN)c1ccc(Cl)cc1. The number of halogens is 2. The summed E-state index contributed by atoms with van der Waals surface area (Å²) in [6.07, 6.45) is -0.990. The normalized spacial score (nSPS) is 12.6. The number of rotatable bonds is 4. The number of hydrogen-bond acceptors (Lipinski definition) is 2. The molecule has 1 unspecified atom stereocenters. The van der Waals surface area contributed by atoms with Crippen LogP contribution in [0.25, 0.3) is 0 Å². The Bertz CT molecular complexity index is 276. The van der Waals surface area contributed by atoms with Gasteiger partial charge in [0.2, 0.25) is 0 Å². The first-order valence-electron chi connectivity index (χ1n) is 4.44. The lowest BCUT2D eigenvalue weighted by Crippen LogP contribution is -2.31. The van der Waals surface area contributed by atoms with Gasteiger partial charge in [-0.2, -0.15) is 0 Å². The summed E-state index contributed by atoms with van der Waals surface area (Å²) >= 11 is 5.74. The molecule has 0 saturated carbocycles. The zero-order chi connectivity index (χ0) is 10.6. The molecule has 0 aliphatic heterocycles. The van der Waals surface area contributed by atoms with E-state index in [-0.39, 0.29) is 6.54 Å². The molecule has 0 fully saturated rings. The van der Waals surface area contributed by atoms with Crippen molar-refractivity contribution in [3.05, 3.63) is 29.3 Å². The van der Waals surface area contributed by atoms with Gasteiger partial charge in [0.1, 0.15) is 6.17 Å². The molecule has 0 aliphatic rings. The van der Waals surface area contributed by atoms with Crippen LogP contribution in [-0.2, 0) is 0 Å². The molecule has 1 aromatic carbocycles. The lowest BCUT2D eigenvalue weighted by molar-refractivity contribution is 0.346. The predicted molar refractivity (Wildman–Crippen MR) is 58.7 cm³/mol. The van der Waals surface area contributed by atoms with Gasteiger partial charge in [0, 0.05) is 24.3 Å². The number of alkyl halides is 1. The van der Waals surface area contributed by atoms with Gasteiger partial charge >= 0.3 is 0 Å². The van der Waals surface area contributed by atoms with Crippen molar-refractivity contribution in [3.8, 4) is 0 Å². The molecular formula is C10H14ClFN2. The molecule has 0 aromatic heterocycles. The maximum atomic E-state index is 13.0. The number of hydrogen-bond donors (Lipinski definition) is 1. The Morgan fingerprint density at radius 1 is 1.43 bits per heavy atom. The molecule has 14 heavy (non-hydrogen) atoms. The van der Waals surface area contributed by atoms with Gasteiger partial charge in [-0.1, -0.05) is 11.6 Å². The van der Waals surface area contributed by atoms with E-state index in [0.29, 0.717) is 11.6 Å².